The lowest BCUT2D eigenvalue weighted by molar-refractivity contribution is 0.478. The van der Waals surface area contributed by atoms with Gasteiger partial charge in [-0.1, -0.05) is 31.6 Å². The molecule has 1 aliphatic rings. The van der Waals surface area contributed by atoms with Crippen molar-refractivity contribution in [2.24, 2.45) is 5.73 Å². The van der Waals surface area contributed by atoms with E-state index in [1.165, 1.54) is 25.7 Å². The van der Waals surface area contributed by atoms with Crippen molar-refractivity contribution in [3.63, 3.8) is 0 Å². The maximum Gasteiger partial charge on any atom is 0.0773 e. The molecule has 0 aliphatic heterocycles. The van der Waals surface area contributed by atoms with Gasteiger partial charge >= 0.3 is 0 Å². The zero-order chi connectivity index (χ0) is 7.45. The molecule has 0 spiro atoms. The molecule has 1 saturated carbocycles. The Morgan fingerprint density at radius 3 is 2.00 bits per heavy atom. The second-order valence-electron chi connectivity index (χ2n) is 3.21. The second kappa shape index (κ2) is 3.07. The molecule has 0 unspecified atom stereocenters. The number of hydrogen-bond donors (Lipinski definition) is 1. The van der Waals surface area contributed by atoms with Gasteiger partial charge in [-0.25, -0.2) is 0 Å². The Balaban J connectivity index is 2.51. The average molecular weight is 137 g/mol. The Kier molecular flexibility index (Phi) is 2.34. The van der Waals surface area contributed by atoms with Gasteiger partial charge in [0.05, 0.1) is 5.54 Å². The molecule has 0 atom stereocenters. The summed E-state index contributed by atoms with van der Waals surface area (Å²) in [6.45, 7) is 0. The van der Waals surface area contributed by atoms with Crippen LogP contribution in [0.4, 0.5) is 0 Å². The average Bonchev–Trinajstić information content (AvgIpc) is 2.15. The highest BCUT2D eigenvalue weighted by Crippen LogP contribution is 2.23. The fourth-order valence-corrected chi connectivity index (χ4v) is 1.50. The molecule has 1 nitrogen and oxygen atoms in total. The van der Waals surface area contributed by atoms with Crippen molar-refractivity contribution in [1.82, 2.24) is 0 Å². The van der Waals surface area contributed by atoms with Gasteiger partial charge in [0, 0.05) is 0 Å². The maximum atomic E-state index is 5.92. The number of hydrogen-bond acceptors (Lipinski definition) is 1. The van der Waals surface area contributed by atoms with Crippen LogP contribution in [-0.4, -0.2) is 5.54 Å². The lowest BCUT2D eigenvalue weighted by atomic mass is 9.93. The molecule has 0 saturated heterocycles. The quantitative estimate of drug-likeness (QED) is 0.399. The number of terminal acetylenes is 1. The third kappa shape index (κ3) is 1.75. The minimum Gasteiger partial charge on any atom is -0.315 e. The zero-order valence-corrected chi connectivity index (χ0v) is 6.40. The van der Waals surface area contributed by atoms with Gasteiger partial charge in [-0.3, -0.25) is 0 Å². The lowest BCUT2D eigenvalue weighted by Crippen LogP contribution is -2.37. The Morgan fingerprint density at radius 2 is 1.60 bits per heavy atom. The van der Waals surface area contributed by atoms with Gasteiger partial charge in [0.25, 0.3) is 0 Å². The van der Waals surface area contributed by atoms with Gasteiger partial charge < -0.3 is 5.73 Å². The molecule has 0 aromatic carbocycles. The van der Waals surface area contributed by atoms with Crippen LogP contribution < -0.4 is 5.73 Å². The predicted molar refractivity (Wildman–Crippen MR) is 43.5 cm³/mol. The molecular weight excluding hydrogens is 122 g/mol. The van der Waals surface area contributed by atoms with E-state index in [2.05, 4.69) is 5.92 Å². The first-order valence-electron chi connectivity index (χ1n) is 4.03. The van der Waals surface area contributed by atoms with E-state index in [-0.39, 0.29) is 5.54 Å². The topological polar surface area (TPSA) is 26.0 Å². The van der Waals surface area contributed by atoms with Crippen molar-refractivity contribution in [2.75, 3.05) is 0 Å². The molecule has 10 heavy (non-hydrogen) atoms. The largest absolute Gasteiger partial charge is 0.315 e. The minimum atomic E-state index is -0.267. The normalized spacial score (nSPS) is 24.8. The molecule has 0 radical (unpaired) electrons. The van der Waals surface area contributed by atoms with E-state index in [9.17, 15) is 0 Å². The maximum absolute atomic E-state index is 5.92. The standard InChI is InChI=1S/C9H15N/c1-2-9(10)7-5-3-4-6-8-9/h1H,3-8,10H2. The molecule has 1 aliphatic carbocycles. The van der Waals surface area contributed by atoms with E-state index in [1.807, 2.05) is 0 Å². The molecule has 0 aromatic heterocycles. The third-order valence-corrected chi connectivity index (χ3v) is 2.28. The highest BCUT2D eigenvalue weighted by Gasteiger charge is 2.22. The molecule has 2 N–H and O–H groups in total. The molecule has 1 fully saturated rings. The zero-order valence-electron chi connectivity index (χ0n) is 6.40. The summed E-state index contributed by atoms with van der Waals surface area (Å²) in [5.74, 6) is 2.70. The van der Waals surface area contributed by atoms with Crippen molar-refractivity contribution in [2.45, 2.75) is 44.1 Å². The van der Waals surface area contributed by atoms with Gasteiger partial charge in [0.2, 0.25) is 0 Å². The molecule has 0 bridgehead atoms. The van der Waals surface area contributed by atoms with Crippen molar-refractivity contribution < 1.29 is 0 Å². The van der Waals surface area contributed by atoms with E-state index >= 15 is 0 Å². The van der Waals surface area contributed by atoms with Gasteiger partial charge in [0.15, 0.2) is 0 Å². The summed E-state index contributed by atoms with van der Waals surface area (Å²) in [4.78, 5) is 0. The highest BCUT2D eigenvalue weighted by atomic mass is 14.7. The summed E-state index contributed by atoms with van der Waals surface area (Å²) in [6.07, 6.45) is 12.4. The van der Waals surface area contributed by atoms with Crippen LogP contribution >= 0.6 is 0 Å². The van der Waals surface area contributed by atoms with Crippen LogP contribution in [0.5, 0.6) is 0 Å². The first-order chi connectivity index (χ1) is 4.77. The van der Waals surface area contributed by atoms with E-state index in [4.69, 9.17) is 12.2 Å². The molecule has 0 aromatic rings. The molecular formula is C9H15N. The van der Waals surface area contributed by atoms with Crippen LogP contribution in [0.15, 0.2) is 0 Å². The van der Waals surface area contributed by atoms with E-state index in [0.29, 0.717) is 0 Å². The summed E-state index contributed by atoms with van der Waals surface area (Å²) in [7, 11) is 0. The van der Waals surface area contributed by atoms with E-state index in [0.717, 1.165) is 12.8 Å². The molecule has 1 rings (SSSR count). The Hall–Kier alpha value is -0.480. The summed E-state index contributed by atoms with van der Waals surface area (Å²) >= 11 is 0. The Morgan fingerprint density at radius 1 is 1.10 bits per heavy atom. The summed E-state index contributed by atoms with van der Waals surface area (Å²) < 4.78 is 0. The molecule has 0 amide bonds. The molecule has 56 valence electrons. The van der Waals surface area contributed by atoms with Crippen LogP contribution in [0.1, 0.15) is 38.5 Å². The monoisotopic (exact) mass is 137 g/mol. The fraction of sp³-hybridized carbons (Fsp3) is 0.778. The van der Waals surface area contributed by atoms with Crippen LogP contribution in [-0.2, 0) is 0 Å². The summed E-state index contributed by atoms with van der Waals surface area (Å²) in [6, 6.07) is 0. The Labute approximate surface area is 63.0 Å². The minimum absolute atomic E-state index is 0.267. The van der Waals surface area contributed by atoms with Crippen LogP contribution in [0.3, 0.4) is 0 Å². The summed E-state index contributed by atoms with van der Waals surface area (Å²) in [5.41, 5.74) is 5.65. The smallest absolute Gasteiger partial charge is 0.0773 e. The van der Waals surface area contributed by atoms with Crippen molar-refractivity contribution in [3.05, 3.63) is 0 Å². The summed E-state index contributed by atoms with van der Waals surface area (Å²) in [5, 5.41) is 0. The van der Waals surface area contributed by atoms with Crippen LogP contribution in [0.2, 0.25) is 0 Å². The van der Waals surface area contributed by atoms with E-state index in [1.54, 1.807) is 0 Å². The number of rotatable bonds is 0. The van der Waals surface area contributed by atoms with Crippen LogP contribution in [0.25, 0.3) is 0 Å². The molecule has 0 heterocycles. The predicted octanol–water partition coefficient (Wildman–Crippen LogP) is 1.67. The first-order valence-corrected chi connectivity index (χ1v) is 4.03. The third-order valence-electron chi connectivity index (χ3n) is 2.28. The lowest BCUT2D eigenvalue weighted by Gasteiger charge is -2.20. The Bertz CT molecular complexity index is 135. The van der Waals surface area contributed by atoms with Gasteiger partial charge in [-0.2, -0.15) is 0 Å². The second-order valence-corrected chi connectivity index (χ2v) is 3.21. The van der Waals surface area contributed by atoms with Crippen LogP contribution in [0, 0.1) is 12.3 Å². The fourth-order valence-electron chi connectivity index (χ4n) is 1.50. The van der Waals surface area contributed by atoms with Crippen molar-refractivity contribution in [3.8, 4) is 12.3 Å². The van der Waals surface area contributed by atoms with Gasteiger partial charge in [-0.15, -0.1) is 6.42 Å². The molecule has 1 heteroatoms. The van der Waals surface area contributed by atoms with Crippen molar-refractivity contribution in [1.29, 1.82) is 0 Å². The van der Waals surface area contributed by atoms with Gasteiger partial charge in [-0.05, 0) is 12.8 Å². The first kappa shape index (κ1) is 7.63. The van der Waals surface area contributed by atoms with Gasteiger partial charge in [0.1, 0.15) is 0 Å². The number of nitrogens with two attached hydrogens (primary N) is 1. The van der Waals surface area contributed by atoms with Crippen molar-refractivity contribution >= 4 is 0 Å². The SMILES string of the molecule is C#CC1(N)CCCCCC1. The highest BCUT2D eigenvalue weighted by molar-refractivity contribution is 5.11. The van der Waals surface area contributed by atoms with E-state index < -0.39 is 0 Å².